The van der Waals surface area contributed by atoms with Gasteiger partial charge in [-0.25, -0.2) is 17.2 Å². The van der Waals surface area contributed by atoms with Crippen LogP contribution in [0.4, 0.5) is 8.78 Å². The minimum Gasteiger partial charge on any atom is -0.337 e. The van der Waals surface area contributed by atoms with Gasteiger partial charge in [-0.3, -0.25) is 4.79 Å². The average molecular weight is 415 g/mol. The number of halogens is 3. The highest BCUT2D eigenvalue weighted by molar-refractivity contribution is 7.89. The molecule has 1 amide bonds. The first-order chi connectivity index (χ1) is 12.8. The average Bonchev–Trinajstić information content (AvgIpc) is 2.88. The number of carbonyl (C=O) groups is 1. The molecule has 2 aromatic rings. The number of hydrogen-bond donors (Lipinski definition) is 0. The predicted octanol–water partition coefficient (Wildman–Crippen LogP) is 3.16. The molecule has 0 N–H and O–H groups in total. The molecular weight excluding hydrogens is 398 g/mol. The van der Waals surface area contributed by atoms with Gasteiger partial charge in [-0.15, -0.1) is 0 Å². The molecule has 27 heavy (non-hydrogen) atoms. The first kappa shape index (κ1) is 19.7. The van der Waals surface area contributed by atoms with E-state index in [-0.39, 0.29) is 35.1 Å². The van der Waals surface area contributed by atoms with Crippen molar-refractivity contribution >= 4 is 27.5 Å². The lowest BCUT2D eigenvalue weighted by Gasteiger charge is -2.22. The molecule has 1 heterocycles. The zero-order chi connectivity index (χ0) is 19.6. The fourth-order valence-corrected chi connectivity index (χ4v) is 4.94. The van der Waals surface area contributed by atoms with E-state index in [0.29, 0.717) is 13.0 Å². The van der Waals surface area contributed by atoms with Gasteiger partial charge in [-0.1, -0.05) is 23.7 Å². The molecule has 1 aliphatic heterocycles. The molecule has 0 spiro atoms. The van der Waals surface area contributed by atoms with Gasteiger partial charge < -0.3 is 4.90 Å². The summed E-state index contributed by atoms with van der Waals surface area (Å²) in [6.45, 7) is 0.634. The minimum atomic E-state index is -3.93. The second kappa shape index (κ2) is 7.92. The summed E-state index contributed by atoms with van der Waals surface area (Å²) in [6, 6.07) is 8.77. The summed E-state index contributed by atoms with van der Waals surface area (Å²) < 4.78 is 53.9. The van der Waals surface area contributed by atoms with Crippen LogP contribution >= 0.6 is 11.6 Å². The van der Waals surface area contributed by atoms with E-state index in [1.54, 1.807) is 6.07 Å². The second-order valence-electron chi connectivity index (χ2n) is 6.10. The van der Waals surface area contributed by atoms with Gasteiger partial charge in [0.05, 0.1) is 10.6 Å². The fourth-order valence-electron chi connectivity index (χ4n) is 2.97. The summed E-state index contributed by atoms with van der Waals surface area (Å²) in [5, 5.41) is -0.196. The van der Waals surface area contributed by atoms with Gasteiger partial charge in [0, 0.05) is 26.2 Å². The van der Waals surface area contributed by atoms with Crippen LogP contribution in [0.5, 0.6) is 0 Å². The Hall–Kier alpha value is -2.03. The van der Waals surface area contributed by atoms with Crippen LogP contribution in [0, 0.1) is 11.6 Å². The SMILES string of the molecule is O=C(c1ccccc1F)N1CCCN(S(=O)(=O)c2ccc(F)cc2Cl)CC1. The Morgan fingerprint density at radius 2 is 1.74 bits per heavy atom. The molecule has 0 atom stereocenters. The van der Waals surface area contributed by atoms with Crippen LogP contribution in [0.1, 0.15) is 16.8 Å². The Labute approximate surface area is 161 Å². The van der Waals surface area contributed by atoms with E-state index in [9.17, 15) is 22.0 Å². The second-order valence-corrected chi connectivity index (χ2v) is 8.42. The van der Waals surface area contributed by atoms with E-state index in [4.69, 9.17) is 11.6 Å². The van der Waals surface area contributed by atoms with Gasteiger partial charge in [0.1, 0.15) is 16.5 Å². The summed E-state index contributed by atoms with van der Waals surface area (Å²) in [5.41, 5.74) is -0.0459. The van der Waals surface area contributed by atoms with Crippen molar-refractivity contribution in [1.29, 1.82) is 0 Å². The quantitative estimate of drug-likeness (QED) is 0.775. The summed E-state index contributed by atoms with van der Waals surface area (Å²) >= 11 is 5.90. The van der Waals surface area contributed by atoms with Crippen LogP contribution in [0.2, 0.25) is 5.02 Å². The fraction of sp³-hybridized carbons (Fsp3) is 0.278. The van der Waals surface area contributed by atoms with E-state index in [0.717, 1.165) is 18.2 Å². The summed E-state index contributed by atoms with van der Waals surface area (Å²) in [6.07, 6.45) is 0.387. The molecule has 0 radical (unpaired) electrons. The van der Waals surface area contributed by atoms with Crippen molar-refractivity contribution in [1.82, 2.24) is 9.21 Å². The van der Waals surface area contributed by atoms with Crippen molar-refractivity contribution in [2.24, 2.45) is 0 Å². The van der Waals surface area contributed by atoms with Crippen molar-refractivity contribution in [2.75, 3.05) is 26.2 Å². The monoisotopic (exact) mass is 414 g/mol. The topological polar surface area (TPSA) is 57.7 Å². The first-order valence-corrected chi connectivity index (χ1v) is 10.1. The number of benzene rings is 2. The summed E-state index contributed by atoms with van der Waals surface area (Å²) in [7, 11) is -3.93. The number of rotatable bonds is 3. The lowest BCUT2D eigenvalue weighted by molar-refractivity contribution is 0.0759. The van der Waals surface area contributed by atoms with Crippen LogP contribution in [0.3, 0.4) is 0 Å². The molecule has 0 aliphatic carbocycles. The molecular formula is C18H17ClF2N2O3S. The number of sulfonamides is 1. The normalized spacial score (nSPS) is 16.2. The third kappa shape index (κ3) is 4.12. The van der Waals surface area contributed by atoms with E-state index in [2.05, 4.69) is 0 Å². The Morgan fingerprint density at radius 1 is 1.00 bits per heavy atom. The number of carbonyl (C=O) groups excluding carboxylic acids is 1. The number of amides is 1. The largest absolute Gasteiger partial charge is 0.337 e. The van der Waals surface area contributed by atoms with Crippen molar-refractivity contribution < 1.29 is 22.0 Å². The Balaban J connectivity index is 1.78. The van der Waals surface area contributed by atoms with Crippen LogP contribution in [0.15, 0.2) is 47.4 Å². The Bertz CT molecular complexity index is 969. The van der Waals surface area contributed by atoms with E-state index in [1.165, 1.54) is 27.4 Å². The lowest BCUT2D eigenvalue weighted by atomic mass is 10.2. The maximum Gasteiger partial charge on any atom is 0.256 e. The van der Waals surface area contributed by atoms with Crippen molar-refractivity contribution in [3.05, 3.63) is 64.7 Å². The highest BCUT2D eigenvalue weighted by atomic mass is 35.5. The van der Waals surface area contributed by atoms with Crippen molar-refractivity contribution in [3.63, 3.8) is 0 Å². The van der Waals surface area contributed by atoms with Crippen LogP contribution in [-0.2, 0) is 10.0 Å². The van der Waals surface area contributed by atoms with Gasteiger partial charge in [0.2, 0.25) is 10.0 Å². The smallest absolute Gasteiger partial charge is 0.256 e. The van der Waals surface area contributed by atoms with E-state index in [1.807, 2.05) is 0 Å². The molecule has 0 unspecified atom stereocenters. The molecule has 0 aromatic heterocycles. The molecule has 1 aliphatic rings. The van der Waals surface area contributed by atoms with Crippen LogP contribution in [-0.4, -0.2) is 49.7 Å². The van der Waals surface area contributed by atoms with E-state index >= 15 is 0 Å². The highest BCUT2D eigenvalue weighted by Crippen LogP contribution is 2.26. The van der Waals surface area contributed by atoms with Gasteiger partial charge in [0.15, 0.2) is 0 Å². The summed E-state index contributed by atoms with van der Waals surface area (Å²) in [5.74, 6) is -1.72. The van der Waals surface area contributed by atoms with Crippen molar-refractivity contribution in [3.8, 4) is 0 Å². The third-order valence-corrected chi connectivity index (χ3v) is 6.74. The first-order valence-electron chi connectivity index (χ1n) is 8.30. The predicted molar refractivity (Wildman–Crippen MR) is 97.1 cm³/mol. The molecule has 144 valence electrons. The Kier molecular flexibility index (Phi) is 5.78. The van der Waals surface area contributed by atoms with Gasteiger partial charge in [-0.2, -0.15) is 4.31 Å². The molecule has 9 heteroatoms. The maximum absolute atomic E-state index is 13.9. The molecule has 0 bridgehead atoms. The van der Waals surface area contributed by atoms with Crippen LogP contribution < -0.4 is 0 Å². The lowest BCUT2D eigenvalue weighted by Crippen LogP contribution is -2.37. The molecule has 0 saturated carbocycles. The maximum atomic E-state index is 13.9. The number of nitrogens with zero attached hydrogens (tertiary/aromatic N) is 2. The standard InChI is InChI=1S/C18H17ClF2N2O3S/c19-15-12-13(20)6-7-17(15)27(25,26)23-9-3-8-22(10-11-23)18(24)14-4-1-2-5-16(14)21/h1-2,4-7,12H,3,8-11H2. The van der Waals surface area contributed by atoms with Crippen molar-refractivity contribution in [2.45, 2.75) is 11.3 Å². The van der Waals surface area contributed by atoms with Gasteiger partial charge >= 0.3 is 0 Å². The molecule has 2 aromatic carbocycles. The highest BCUT2D eigenvalue weighted by Gasteiger charge is 2.30. The zero-order valence-electron chi connectivity index (χ0n) is 14.2. The molecule has 5 nitrogen and oxygen atoms in total. The van der Waals surface area contributed by atoms with Crippen LogP contribution in [0.25, 0.3) is 0 Å². The molecule has 3 rings (SSSR count). The van der Waals surface area contributed by atoms with Gasteiger partial charge in [0.25, 0.3) is 5.91 Å². The van der Waals surface area contributed by atoms with E-state index < -0.39 is 27.6 Å². The molecule has 1 fully saturated rings. The number of hydrogen-bond acceptors (Lipinski definition) is 3. The zero-order valence-corrected chi connectivity index (χ0v) is 15.8. The van der Waals surface area contributed by atoms with Gasteiger partial charge in [-0.05, 0) is 36.8 Å². The minimum absolute atomic E-state index is 0.0379. The Morgan fingerprint density at radius 3 is 2.44 bits per heavy atom. The molecule has 1 saturated heterocycles. The third-order valence-electron chi connectivity index (χ3n) is 4.36. The summed E-state index contributed by atoms with van der Waals surface area (Å²) in [4.78, 5) is 13.8.